The summed E-state index contributed by atoms with van der Waals surface area (Å²) in [5.74, 6) is 0. The first-order valence-electron chi connectivity index (χ1n) is 22.2. The molecular formula is C60H42N4. The van der Waals surface area contributed by atoms with Crippen LogP contribution in [0.15, 0.2) is 231 Å². The summed E-state index contributed by atoms with van der Waals surface area (Å²) in [5, 5.41) is 15.5. The molecule has 2 atom stereocenters. The summed E-state index contributed by atoms with van der Waals surface area (Å²) < 4.78 is 4.94. The van der Waals surface area contributed by atoms with E-state index in [1.54, 1.807) is 0 Å². The van der Waals surface area contributed by atoms with Crippen molar-refractivity contribution in [3.63, 3.8) is 0 Å². The van der Waals surface area contributed by atoms with Gasteiger partial charge in [-0.3, -0.25) is 0 Å². The Morgan fingerprint density at radius 3 is 1.62 bits per heavy atom. The van der Waals surface area contributed by atoms with E-state index in [9.17, 15) is 0 Å². The second-order valence-corrected chi connectivity index (χ2v) is 17.0. The van der Waals surface area contributed by atoms with E-state index in [0.717, 1.165) is 33.9 Å². The molecule has 0 radical (unpaired) electrons. The van der Waals surface area contributed by atoms with Gasteiger partial charge in [-0.25, -0.2) is 0 Å². The largest absolute Gasteiger partial charge is 0.374 e. The van der Waals surface area contributed by atoms with Crippen LogP contribution in [0.1, 0.15) is 23.2 Å². The molecule has 0 fully saturated rings. The Hall–Kier alpha value is -8.34. The van der Waals surface area contributed by atoms with Gasteiger partial charge >= 0.3 is 0 Å². The molecule has 4 nitrogen and oxygen atoms in total. The summed E-state index contributed by atoms with van der Waals surface area (Å²) in [6, 6.07) is 84.1. The molecule has 0 saturated heterocycles. The van der Waals surface area contributed by atoms with Gasteiger partial charge in [0.2, 0.25) is 0 Å². The maximum absolute atomic E-state index is 4.05. The Kier molecular flexibility index (Phi) is 8.31. The van der Waals surface area contributed by atoms with Crippen molar-refractivity contribution in [1.29, 1.82) is 0 Å². The molecule has 0 amide bonds. The summed E-state index contributed by atoms with van der Waals surface area (Å²) >= 11 is 0. The fourth-order valence-electron chi connectivity index (χ4n) is 10.6. The molecule has 2 unspecified atom stereocenters. The zero-order valence-corrected chi connectivity index (χ0v) is 35.0. The molecule has 10 aromatic carbocycles. The smallest absolute Gasteiger partial charge is 0.0758 e. The lowest BCUT2D eigenvalue weighted by Crippen LogP contribution is -2.30. The molecule has 1 aliphatic heterocycles. The first-order valence-corrected chi connectivity index (χ1v) is 22.2. The quantitative estimate of drug-likeness (QED) is 0.175. The van der Waals surface area contributed by atoms with Crippen molar-refractivity contribution < 1.29 is 0 Å². The Morgan fingerprint density at radius 1 is 0.312 bits per heavy atom. The monoisotopic (exact) mass is 818 g/mol. The van der Waals surface area contributed by atoms with Gasteiger partial charge < -0.3 is 19.8 Å². The lowest BCUT2D eigenvalue weighted by molar-refractivity contribution is 0.637. The van der Waals surface area contributed by atoms with Crippen LogP contribution in [0, 0.1) is 0 Å². The van der Waals surface area contributed by atoms with Gasteiger partial charge in [-0.2, -0.15) is 0 Å². The van der Waals surface area contributed by atoms with E-state index < -0.39 is 0 Å². The van der Waals surface area contributed by atoms with Crippen molar-refractivity contribution in [3.05, 3.63) is 242 Å². The molecule has 0 bridgehead atoms. The highest BCUT2D eigenvalue weighted by Crippen LogP contribution is 2.48. The lowest BCUT2D eigenvalue weighted by Gasteiger charge is -2.38. The highest BCUT2D eigenvalue weighted by Gasteiger charge is 2.31. The second kappa shape index (κ2) is 14.6. The summed E-state index contributed by atoms with van der Waals surface area (Å²) in [7, 11) is 0. The van der Waals surface area contributed by atoms with Crippen molar-refractivity contribution in [2.24, 2.45) is 0 Å². The summed E-state index contributed by atoms with van der Waals surface area (Å²) in [5.41, 5.74) is 16.4. The molecule has 13 rings (SSSR count). The van der Waals surface area contributed by atoms with Gasteiger partial charge in [-0.15, -0.1) is 0 Å². The van der Waals surface area contributed by atoms with Crippen molar-refractivity contribution >= 4 is 65.8 Å². The van der Waals surface area contributed by atoms with Gasteiger partial charge in [-0.1, -0.05) is 176 Å². The predicted octanol–water partition coefficient (Wildman–Crippen LogP) is 15.7. The number of hydrogen-bond donors (Lipinski definition) is 2. The minimum absolute atomic E-state index is 0.0254. The van der Waals surface area contributed by atoms with Crippen LogP contribution in [0.3, 0.4) is 0 Å². The maximum atomic E-state index is 4.05. The number of fused-ring (bicyclic) bond motifs is 9. The highest BCUT2D eigenvalue weighted by molar-refractivity contribution is 6.27. The lowest BCUT2D eigenvalue weighted by atomic mass is 9.89. The van der Waals surface area contributed by atoms with Gasteiger partial charge in [-0.05, 0) is 93.2 Å². The molecule has 4 heteroatoms. The third-order valence-corrected chi connectivity index (χ3v) is 13.4. The minimum atomic E-state index is 0.0254. The zero-order valence-electron chi connectivity index (χ0n) is 35.0. The van der Waals surface area contributed by atoms with Gasteiger partial charge in [0.1, 0.15) is 0 Å². The van der Waals surface area contributed by atoms with Crippen LogP contribution in [0.4, 0.5) is 11.4 Å². The van der Waals surface area contributed by atoms with E-state index in [1.165, 1.54) is 76.6 Å². The Morgan fingerprint density at radius 2 is 0.875 bits per heavy atom. The minimum Gasteiger partial charge on any atom is -0.374 e. The predicted molar refractivity (Wildman–Crippen MR) is 269 cm³/mol. The van der Waals surface area contributed by atoms with E-state index >= 15 is 0 Å². The van der Waals surface area contributed by atoms with Crippen molar-refractivity contribution in [2.75, 3.05) is 10.6 Å². The van der Waals surface area contributed by atoms with Crippen LogP contribution >= 0.6 is 0 Å². The van der Waals surface area contributed by atoms with Gasteiger partial charge in [0.05, 0.1) is 45.5 Å². The summed E-state index contributed by atoms with van der Waals surface area (Å²) in [6.45, 7) is 0. The van der Waals surface area contributed by atoms with Crippen molar-refractivity contribution in [2.45, 2.75) is 12.1 Å². The molecule has 2 N–H and O–H groups in total. The number of aromatic nitrogens is 2. The third kappa shape index (κ3) is 5.69. The average molecular weight is 819 g/mol. The van der Waals surface area contributed by atoms with Crippen LogP contribution < -0.4 is 10.6 Å². The van der Waals surface area contributed by atoms with E-state index in [1.807, 2.05) is 0 Å². The van der Waals surface area contributed by atoms with Gasteiger partial charge in [0.15, 0.2) is 0 Å². The van der Waals surface area contributed by atoms with Crippen LogP contribution in [0.25, 0.3) is 88.0 Å². The van der Waals surface area contributed by atoms with Crippen molar-refractivity contribution in [1.82, 2.24) is 9.13 Å². The number of rotatable bonds is 6. The topological polar surface area (TPSA) is 33.9 Å². The zero-order chi connectivity index (χ0) is 42.1. The first kappa shape index (κ1) is 36.3. The molecular weight excluding hydrogens is 777 g/mol. The number of anilines is 2. The van der Waals surface area contributed by atoms with Crippen LogP contribution in [0.2, 0.25) is 0 Å². The SMILES string of the molecule is c1ccc(-c2cc3c(c4ccccc24)c2cc4c5ccccc5n(-c5cccc(-c6cccc7c6NC(c6ccccc6)C(c6ccccc6)N7)c5)c4cc2n3-c2ccccc2)cc1. The summed E-state index contributed by atoms with van der Waals surface area (Å²) in [6.07, 6.45) is 0. The molecule has 12 aromatic rings. The first-order chi connectivity index (χ1) is 31.8. The standard InChI is InChI=1S/C60H42N4/c1-5-19-39(20-6-1)49-37-56-57(48-31-14-13-29-46(48)49)51-36-50-47-30-15-16-34-53(47)64(54(50)38-55(51)63(56)43-26-11-4-12-27-43)44-28-17-25-42(35-44)45-32-18-33-52-60(45)62-59(41-23-9-3-10-24-41)58(61-52)40-21-7-2-8-22-40/h1-38,58-59,61-62H. The van der Waals surface area contributed by atoms with E-state index in [0.29, 0.717) is 0 Å². The molecule has 2 aromatic heterocycles. The molecule has 0 saturated carbocycles. The number of nitrogens with one attached hydrogen (secondary N) is 2. The third-order valence-electron chi connectivity index (χ3n) is 13.4. The number of para-hydroxylation sites is 3. The summed E-state index contributed by atoms with van der Waals surface area (Å²) in [4.78, 5) is 0. The fourth-order valence-corrected chi connectivity index (χ4v) is 10.6. The number of hydrogen-bond acceptors (Lipinski definition) is 2. The molecule has 1 aliphatic rings. The van der Waals surface area contributed by atoms with Gasteiger partial charge in [0.25, 0.3) is 0 Å². The fraction of sp³-hybridized carbons (Fsp3) is 0.0333. The molecule has 0 aliphatic carbocycles. The van der Waals surface area contributed by atoms with Crippen LogP contribution in [-0.4, -0.2) is 9.13 Å². The Bertz CT molecular complexity index is 3720. The van der Waals surface area contributed by atoms with Gasteiger partial charge in [0, 0.05) is 38.5 Å². The normalized spacial score (nSPS) is 14.8. The maximum Gasteiger partial charge on any atom is 0.0758 e. The molecule has 0 spiro atoms. The van der Waals surface area contributed by atoms with Crippen LogP contribution in [0.5, 0.6) is 0 Å². The molecule has 3 heterocycles. The second-order valence-electron chi connectivity index (χ2n) is 17.0. The van der Waals surface area contributed by atoms with E-state index in [2.05, 4.69) is 250 Å². The Balaban J connectivity index is 1.03. The number of nitrogens with zero attached hydrogens (tertiary/aromatic N) is 2. The average Bonchev–Trinajstić information content (AvgIpc) is 3.87. The van der Waals surface area contributed by atoms with Crippen molar-refractivity contribution in [3.8, 4) is 33.6 Å². The molecule has 64 heavy (non-hydrogen) atoms. The highest BCUT2D eigenvalue weighted by atomic mass is 15.1. The van der Waals surface area contributed by atoms with Crippen LogP contribution in [-0.2, 0) is 0 Å². The Labute approximate surface area is 371 Å². The van der Waals surface area contributed by atoms with E-state index in [4.69, 9.17) is 0 Å². The van der Waals surface area contributed by atoms with E-state index in [-0.39, 0.29) is 12.1 Å². The number of benzene rings is 10. The molecule has 302 valence electrons.